The number of aromatic nitrogens is 2. The summed E-state index contributed by atoms with van der Waals surface area (Å²) in [6.07, 6.45) is 3.58. The molecule has 5 heteroatoms. The molecule has 1 aliphatic rings. The Kier molecular flexibility index (Phi) is 2.30. The third kappa shape index (κ3) is 1.82. The summed E-state index contributed by atoms with van der Waals surface area (Å²) in [6.45, 7) is 0. The standard InChI is InChI=1S/C15H12FN3O/c16-9-3-4-10-11-6-14(19-15(20)8-1-2-8)17-7-13(11)18-12(10)5-9/h3-8,18H,1-2H2,(H,17,19,20). The molecule has 4 rings (SSSR count). The number of H-pyrrole nitrogens is 1. The van der Waals surface area contributed by atoms with Crippen LogP contribution in [0.3, 0.4) is 0 Å². The van der Waals surface area contributed by atoms with Gasteiger partial charge in [0.2, 0.25) is 5.91 Å². The van der Waals surface area contributed by atoms with Gasteiger partial charge in [0, 0.05) is 22.2 Å². The fourth-order valence-corrected chi connectivity index (χ4v) is 2.42. The van der Waals surface area contributed by atoms with Crippen molar-refractivity contribution in [2.75, 3.05) is 5.32 Å². The van der Waals surface area contributed by atoms with Crippen LogP contribution in [-0.2, 0) is 4.79 Å². The van der Waals surface area contributed by atoms with E-state index in [1.807, 2.05) is 6.07 Å². The monoisotopic (exact) mass is 269 g/mol. The zero-order valence-corrected chi connectivity index (χ0v) is 10.6. The van der Waals surface area contributed by atoms with Crippen molar-refractivity contribution in [2.45, 2.75) is 12.8 Å². The number of pyridine rings is 1. The minimum absolute atomic E-state index is 0.0303. The Morgan fingerprint density at radius 1 is 1.25 bits per heavy atom. The molecule has 0 spiro atoms. The maximum absolute atomic E-state index is 13.2. The molecule has 100 valence electrons. The van der Waals surface area contributed by atoms with E-state index < -0.39 is 0 Å². The van der Waals surface area contributed by atoms with E-state index in [-0.39, 0.29) is 17.6 Å². The molecule has 1 saturated carbocycles. The van der Waals surface area contributed by atoms with Crippen molar-refractivity contribution in [1.29, 1.82) is 0 Å². The summed E-state index contributed by atoms with van der Waals surface area (Å²) in [4.78, 5) is 19.1. The van der Waals surface area contributed by atoms with E-state index in [1.54, 1.807) is 12.3 Å². The van der Waals surface area contributed by atoms with Crippen molar-refractivity contribution >= 4 is 33.5 Å². The number of hydrogen-bond donors (Lipinski definition) is 2. The van der Waals surface area contributed by atoms with Gasteiger partial charge in [-0.15, -0.1) is 0 Å². The van der Waals surface area contributed by atoms with Crippen molar-refractivity contribution in [1.82, 2.24) is 9.97 Å². The second kappa shape index (κ2) is 4.03. The maximum atomic E-state index is 13.2. The quantitative estimate of drug-likeness (QED) is 0.750. The van der Waals surface area contributed by atoms with Crippen LogP contribution in [0.1, 0.15) is 12.8 Å². The van der Waals surface area contributed by atoms with Crippen molar-refractivity contribution in [3.05, 3.63) is 36.3 Å². The number of rotatable bonds is 2. The number of carbonyl (C=O) groups excluding carboxylic acids is 1. The lowest BCUT2D eigenvalue weighted by molar-refractivity contribution is -0.117. The Balaban J connectivity index is 1.80. The lowest BCUT2D eigenvalue weighted by Gasteiger charge is -2.02. The number of anilines is 1. The molecule has 1 aromatic carbocycles. The minimum Gasteiger partial charge on any atom is -0.353 e. The molecule has 0 saturated heterocycles. The fourth-order valence-electron chi connectivity index (χ4n) is 2.42. The molecular formula is C15H12FN3O. The molecule has 2 heterocycles. The number of nitrogens with one attached hydrogen (secondary N) is 2. The van der Waals surface area contributed by atoms with Gasteiger partial charge in [-0.05, 0) is 37.1 Å². The summed E-state index contributed by atoms with van der Waals surface area (Å²) in [7, 11) is 0. The number of aromatic amines is 1. The second-order valence-corrected chi connectivity index (χ2v) is 5.19. The molecule has 4 nitrogen and oxygen atoms in total. The minimum atomic E-state index is -0.278. The summed E-state index contributed by atoms with van der Waals surface area (Å²) in [6, 6.07) is 6.44. The predicted octanol–water partition coefficient (Wildman–Crippen LogP) is 3.20. The van der Waals surface area contributed by atoms with Gasteiger partial charge in [-0.25, -0.2) is 9.37 Å². The van der Waals surface area contributed by atoms with Crippen LogP contribution in [0.5, 0.6) is 0 Å². The molecule has 3 aromatic rings. The molecule has 0 radical (unpaired) electrons. The lowest BCUT2D eigenvalue weighted by atomic mass is 10.2. The topological polar surface area (TPSA) is 57.8 Å². The average Bonchev–Trinajstić information content (AvgIpc) is 3.21. The highest BCUT2D eigenvalue weighted by atomic mass is 19.1. The highest BCUT2D eigenvalue weighted by Crippen LogP contribution is 2.31. The molecule has 1 amide bonds. The number of carbonyl (C=O) groups is 1. The van der Waals surface area contributed by atoms with Crippen molar-refractivity contribution in [2.24, 2.45) is 5.92 Å². The first-order chi connectivity index (χ1) is 9.70. The molecule has 0 atom stereocenters. The van der Waals surface area contributed by atoms with Gasteiger partial charge in [-0.1, -0.05) is 0 Å². The molecule has 20 heavy (non-hydrogen) atoms. The summed E-state index contributed by atoms with van der Waals surface area (Å²) >= 11 is 0. The van der Waals surface area contributed by atoms with Crippen LogP contribution in [0.15, 0.2) is 30.5 Å². The van der Waals surface area contributed by atoms with E-state index in [0.717, 1.165) is 34.6 Å². The molecular weight excluding hydrogens is 257 g/mol. The molecule has 1 aliphatic carbocycles. The molecule has 0 bridgehead atoms. The van der Waals surface area contributed by atoms with E-state index in [1.165, 1.54) is 12.1 Å². The van der Waals surface area contributed by atoms with Crippen molar-refractivity contribution in [3.8, 4) is 0 Å². The Bertz CT molecular complexity index is 836. The zero-order chi connectivity index (χ0) is 13.7. The summed E-state index contributed by atoms with van der Waals surface area (Å²) in [5.41, 5.74) is 1.56. The van der Waals surface area contributed by atoms with Crippen LogP contribution in [0.4, 0.5) is 10.2 Å². The van der Waals surface area contributed by atoms with E-state index in [2.05, 4.69) is 15.3 Å². The Morgan fingerprint density at radius 2 is 2.10 bits per heavy atom. The second-order valence-electron chi connectivity index (χ2n) is 5.19. The number of benzene rings is 1. The van der Waals surface area contributed by atoms with Crippen LogP contribution in [0.2, 0.25) is 0 Å². The summed E-state index contributed by atoms with van der Waals surface area (Å²) in [5, 5.41) is 4.68. The van der Waals surface area contributed by atoms with Gasteiger partial charge in [-0.3, -0.25) is 4.79 Å². The first-order valence-corrected chi connectivity index (χ1v) is 6.58. The SMILES string of the molecule is O=C(Nc1cc2c(cn1)[nH]c1cc(F)ccc12)C1CC1. The van der Waals surface area contributed by atoms with E-state index in [9.17, 15) is 9.18 Å². The van der Waals surface area contributed by atoms with Gasteiger partial charge in [-0.2, -0.15) is 0 Å². The summed E-state index contributed by atoms with van der Waals surface area (Å²) < 4.78 is 13.2. The third-order valence-electron chi connectivity index (χ3n) is 3.64. The normalized spacial score (nSPS) is 14.8. The first kappa shape index (κ1) is 11.4. The Hall–Kier alpha value is -2.43. The van der Waals surface area contributed by atoms with Crippen LogP contribution in [0, 0.1) is 11.7 Å². The van der Waals surface area contributed by atoms with E-state index in [4.69, 9.17) is 0 Å². The Labute approximate surface area is 114 Å². The number of fused-ring (bicyclic) bond motifs is 3. The van der Waals surface area contributed by atoms with Crippen LogP contribution < -0.4 is 5.32 Å². The number of nitrogens with zero attached hydrogens (tertiary/aromatic N) is 1. The van der Waals surface area contributed by atoms with Crippen LogP contribution in [-0.4, -0.2) is 15.9 Å². The maximum Gasteiger partial charge on any atom is 0.228 e. The van der Waals surface area contributed by atoms with Gasteiger partial charge in [0.1, 0.15) is 11.6 Å². The average molecular weight is 269 g/mol. The smallest absolute Gasteiger partial charge is 0.228 e. The van der Waals surface area contributed by atoms with Gasteiger partial charge in [0.15, 0.2) is 0 Å². The van der Waals surface area contributed by atoms with Crippen LogP contribution in [0.25, 0.3) is 21.8 Å². The Morgan fingerprint density at radius 3 is 2.90 bits per heavy atom. The molecule has 2 N–H and O–H groups in total. The fraction of sp³-hybridized carbons (Fsp3) is 0.200. The number of hydrogen-bond acceptors (Lipinski definition) is 2. The molecule has 2 aromatic heterocycles. The zero-order valence-electron chi connectivity index (χ0n) is 10.6. The largest absolute Gasteiger partial charge is 0.353 e. The lowest BCUT2D eigenvalue weighted by Crippen LogP contribution is -2.14. The number of halogens is 1. The molecule has 0 unspecified atom stereocenters. The molecule has 1 fully saturated rings. The van der Waals surface area contributed by atoms with E-state index >= 15 is 0 Å². The van der Waals surface area contributed by atoms with Gasteiger partial charge < -0.3 is 10.3 Å². The first-order valence-electron chi connectivity index (χ1n) is 6.58. The highest BCUT2D eigenvalue weighted by molar-refractivity contribution is 6.08. The molecule has 0 aliphatic heterocycles. The van der Waals surface area contributed by atoms with Gasteiger partial charge in [0.05, 0.1) is 11.7 Å². The van der Waals surface area contributed by atoms with Crippen LogP contribution >= 0.6 is 0 Å². The third-order valence-corrected chi connectivity index (χ3v) is 3.64. The predicted molar refractivity (Wildman–Crippen MR) is 74.9 cm³/mol. The van der Waals surface area contributed by atoms with E-state index in [0.29, 0.717) is 5.82 Å². The summed E-state index contributed by atoms with van der Waals surface area (Å²) in [5.74, 6) is 0.436. The van der Waals surface area contributed by atoms with Gasteiger partial charge >= 0.3 is 0 Å². The van der Waals surface area contributed by atoms with Crippen molar-refractivity contribution < 1.29 is 9.18 Å². The van der Waals surface area contributed by atoms with Gasteiger partial charge in [0.25, 0.3) is 0 Å². The highest BCUT2D eigenvalue weighted by Gasteiger charge is 2.29. The number of amides is 1. The van der Waals surface area contributed by atoms with Crippen molar-refractivity contribution in [3.63, 3.8) is 0 Å².